The van der Waals surface area contributed by atoms with Crippen molar-refractivity contribution in [2.75, 3.05) is 6.61 Å². The molecular formula is C24H31FO6. The number of ether oxygens (including phenoxy) is 1. The van der Waals surface area contributed by atoms with Crippen LogP contribution in [0.1, 0.15) is 53.4 Å². The van der Waals surface area contributed by atoms with Crippen LogP contribution >= 0.6 is 0 Å². The molecule has 31 heavy (non-hydrogen) atoms. The second-order valence-electron chi connectivity index (χ2n) is 10.4. The normalized spacial score (nSPS) is 48.4. The second-order valence-corrected chi connectivity index (χ2v) is 10.4. The smallest absolute Gasteiger partial charge is 0.303 e. The Labute approximate surface area is 181 Å². The zero-order valence-corrected chi connectivity index (χ0v) is 18.5. The number of hydrogen-bond acceptors (Lipinski definition) is 6. The summed E-state index contributed by atoms with van der Waals surface area (Å²) in [6, 6.07) is 0. The predicted molar refractivity (Wildman–Crippen MR) is 109 cm³/mol. The van der Waals surface area contributed by atoms with Crippen LogP contribution in [-0.4, -0.2) is 51.7 Å². The van der Waals surface area contributed by atoms with Gasteiger partial charge in [-0.1, -0.05) is 25.5 Å². The summed E-state index contributed by atoms with van der Waals surface area (Å²) in [4.78, 5) is 36.2. The SMILES string of the molecule is CC(=O)OCC(=O)[C@@]1(O)[C@@H](C)CC2C3CCC4=CC(=O)C=C[C@]4(C)[C@@]3(F)C(O)C[C@@]21C. The van der Waals surface area contributed by atoms with Crippen LogP contribution in [0, 0.1) is 28.6 Å². The number of ketones is 2. The molecule has 0 bridgehead atoms. The molecule has 170 valence electrons. The first-order chi connectivity index (χ1) is 14.3. The first kappa shape index (κ1) is 22.3. The number of fused-ring (bicyclic) bond motifs is 5. The van der Waals surface area contributed by atoms with Crippen molar-refractivity contribution >= 4 is 17.5 Å². The van der Waals surface area contributed by atoms with Gasteiger partial charge in [0, 0.05) is 23.7 Å². The highest BCUT2D eigenvalue weighted by molar-refractivity contribution is 6.01. The molecule has 0 radical (unpaired) electrons. The maximum Gasteiger partial charge on any atom is 0.303 e. The first-order valence-electron chi connectivity index (χ1n) is 11.0. The van der Waals surface area contributed by atoms with Gasteiger partial charge in [0.1, 0.15) is 5.60 Å². The van der Waals surface area contributed by atoms with Crippen LogP contribution in [-0.2, 0) is 19.1 Å². The van der Waals surface area contributed by atoms with E-state index in [4.69, 9.17) is 4.74 Å². The van der Waals surface area contributed by atoms with E-state index in [2.05, 4.69) is 0 Å². The Bertz CT molecular complexity index is 910. The fourth-order valence-electron chi connectivity index (χ4n) is 7.42. The molecule has 0 aliphatic heterocycles. The first-order valence-corrected chi connectivity index (χ1v) is 11.0. The minimum Gasteiger partial charge on any atom is -0.458 e. The van der Waals surface area contributed by atoms with Gasteiger partial charge < -0.3 is 14.9 Å². The standard InChI is InChI=1S/C24H31FO6/c1-13-9-18-17-6-5-15-10-16(27)7-8-21(15,3)23(17,25)19(28)11-22(18,4)24(13,30)20(29)12-31-14(2)26/h7-8,10,13,17-19,28,30H,5-6,9,11-12H2,1-4H3/t13-,17?,18?,19?,21-,22-,23-,24-/m0/s1. The van der Waals surface area contributed by atoms with Gasteiger partial charge in [0.2, 0.25) is 5.78 Å². The molecule has 0 amide bonds. The molecule has 6 nitrogen and oxygen atoms in total. The minimum absolute atomic E-state index is 0.0953. The highest BCUT2D eigenvalue weighted by atomic mass is 19.1. The maximum absolute atomic E-state index is 17.0. The second kappa shape index (κ2) is 6.82. The summed E-state index contributed by atoms with van der Waals surface area (Å²) in [5, 5.41) is 22.9. The summed E-state index contributed by atoms with van der Waals surface area (Å²) in [5.74, 6) is -2.80. The fourth-order valence-corrected chi connectivity index (χ4v) is 7.42. The van der Waals surface area contributed by atoms with Gasteiger partial charge in [0.15, 0.2) is 18.1 Å². The average Bonchev–Trinajstić information content (AvgIpc) is 2.89. The lowest BCUT2D eigenvalue weighted by Gasteiger charge is -2.62. The third kappa shape index (κ3) is 2.65. The van der Waals surface area contributed by atoms with E-state index < -0.39 is 58.4 Å². The summed E-state index contributed by atoms with van der Waals surface area (Å²) in [7, 11) is 0. The third-order valence-electron chi connectivity index (χ3n) is 9.05. The molecule has 4 aliphatic rings. The molecule has 0 aromatic heterocycles. The monoisotopic (exact) mass is 434 g/mol. The van der Waals surface area contributed by atoms with Crippen molar-refractivity contribution in [1.82, 2.24) is 0 Å². The molecule has 0 aromatic carbocycles. The molecule has 7 heteroatoms. The molecule has 2 N–H and O–H groups in total. The fraction of sp³-hybridized carbons (Fsp3) is 0.708. The van der Waals surface area contributed by atoms with Gasteiger partial charge >= 0.3 is 5.97 Å². The van der Waals surface area contributed by atoms with Gasteiger partial charge in [0.05, 0.1) is 6.10 Å². The van der Waals surface area contributed by atoms with E-state index in [0.29, 0.717) is 24.8 Å². The van der Waals surface area contributed by atoms with Crippen LogP contribution < -0.4 is 0 Å². The lowest BCUT2D eigenvalue weighted by atomic mass is 9.44. The van der Waals surface area contributed by atoms with Gasteiger partial charge in [-0.25, -0.2) is 4.39 Å². The van der Waals surface area contributed by atoms with Gasteiger partial charge in [-0.15, -0.1) is 0 Å². The van der Waals surface area contributed by atoms with E-state index in [9.17, 15) is 24.6 Å². The van der Waals surface area contributed by atoms with Crippen LogP contribution in [0.25, 0.3) is 0 Å². The summed E-state index contributed by atoms with van der Waals surface area (Å²) >= 11 is 0. The van der Waals surface area contributed by atoms with Crippen molar-refractivity contribution in [2.24, 2.45) is 28.6 Å². The largest absolute Gasteiger partial charge is 0.458 e. The molecule has 0 saturated heterocycles. The van der Waals surface area contributed by atoms with Crippen molar-refractivity contribution in [3.8, 4) is 0 Å². The Balaban J connectivity index is 1.76. The van der Waals surface area contributed by atoms with Crippen molar-refractivity contribution < 1.29 is 33.7 Å². The Morgan fingerprint density at radius 1 is 1.29 bits per heavy atom. The van der Waals surface area contributed by atoms with Gasteiger partial charge in [-0.2, -0.15) is 0 Å². The van der Waals surface area contributed by atoms with Crippen LogP contribution in [0.5, 0.6) is 0 Å². The zero-order chi connectivity index (χ0) is 23.0. The van der Waals surface area contributed by atoms with Crippen LogP contribution in [0.4, 0.5) is 4.39 Å². The summed E-state index contributed by atoms with van der Waals surface area (Å²) in [6.45, 7) is 5.89. The molecule has 8 atom stereocenters. The Morgan fingerprint density at radius 3 is 2.61 bits per heavy atom. The predicted octanol–water partition coefficient (Wildman–Crippen LogP) is 2.47. The van der Waals surface area contributed by atoms with E-state index in [1.165, 1.54) is 19.1 Å². The van der Waals surface area contributed by atoms with E-state index >= 15 is 4.39 Å². The van der Waals surface area contributed by atoms with Gasteiger partial charge in [0.25, 0.3) is 0 Å². The number of halogens is 1. The number of esters is 1. The number of aliphatic hydroxyl groups is 2. The number of carbonyl (C=O) groups is 3. The van der Waals surface area contributed by atoms with E-state index in [1.807, 2.05) is 0 Å². The van der Waals surface area contributed by atoms with E-state index in [-0.39, 0.29) is 18.1 Å². The van der Waals surface area contributed by atoms with Gasteiger partial charge in [-0.3, -0.25) is 14.4 Å². The van der Waals surface area contributed by atoms with Gasteiger partial charge in [-0.05, 0) is 56.6 Å². The van der Waals surface area contributed by atoms with Crippen LogP contribution in [0.15, 0.2) is 23.8 Å². The molecule has 3 saturated carbocycles. The number of alkyl halides is 1. The molecule has 4 aliphatic carbocycles. The van der Waals surface area contributed by atoms with Crippen molar-refractivity contribution in [1.29, 1.82) is 0 Å². The third-order valence-corrected chi connectivity index (χ3v) is 9.05. The highest BCUT2D eigenvalue weighted by Crippen LogP contribution is 2.70. The van der Waals surface area contributed by atoms with E-state index in [0.717, 1.165) is 0 Å². The minimum atomic E-state index is -2.01. The quantitative estimate of drug-likeness (QED) is 0.662. The van der Waals surface area contributed by atoms with Crippen molar-refractivity contribution in [3.63, 3.8) is 0 Å². The number of allylic oxidation sites excluding steroid dienone is 4. The Kier molecular flexibility index (Phi) is 4.91. The molecule has 3 fully saturated rings. The average molecular weight is 435 g/mol. The summed E-state index contributed by atoms with van der Waals surface area (Å²) in [5.41, 5.74) is -5.33. The molecule has 0 aromatic rings. The van der Waals surface area contributed by atoms with Crippen molar-refractivity contribution in [2.45, 2.75) is 70.8 Å². The lowest BCUT2D eigenvalue weighted by molar-refractivity contribution is -0.219. The van der Waals surface area contributed by atoms with Crippen LogP contribution in [0.3, 0.4) is 0 Å². The topological polar surface area (TPSA) is 101 Å². The Morgan fingerprint density at radius 2 is 1.97 bits per heavy atom. The zero-order valence-electron chi connectivity index (χ0n) is 18.5. The number of Topliss-reactive ketones (excluding diaryl/α,β-unsaturated/α-hetero) is 1. The molecule has 4 rings (SSSR count). The molecule has 0 spiro atoms. The molecular weight excluding hydrogens is 403 g/mol. The molecule has 0 heterocycles. The Hall–Kier alpha value is -1.86. The van der Waals surface area contributed by atoms with Crippen LogP contribution in [0.2, 0.25) is 0 Å². The number of hydrogen-bond donors (Lipinski definition) is 2. The van der Waals surface area contributed by atoms with Crippen molar-refractivity contribution in [3.05, 3.63) is 23.8 Å². The highest BCUT2D eigenvalue weighted by Gasteiger charge is 2.75. The summed E-state index contributed by atoms with van der Waals surface area (Å²) in [6.07, 6.45) is 4.29. The lowest BCUT2D eigenvalue weighted by Crippen LogP contribution is -2.69. The number of rotatable bonds is 3. The maximum atomic E-state index is 17.0. The number of carbonyl (C=O) groups excluding carboxylic acids is 3. The van der Waals surface area contributed by atoms with E-state index in [1.54, 1.807) is 26.8 Å². The summed E-state index contributed by atoms with van der Waals surface area (Å²) < 4.78 is 21.9. The number of aliphatic hydroxyl groups excluding tert-OH is 1. The molecule has 3 unspecified atom stereocenters.